The van der Waals surface area contributed by atoms with Crippen LogP contribution in [0.3, 0.4) is 0 Å². The van der Waals surface area contributed by atoms with Gasteiger partial charge in [0.25, 0.3) is 0 Å². The van der Waals surface area contributed by atoms with E-state index in [4.69, 9.17) is 16.3 Å². The van der Waals surface area contributed by atoms with Gasteiger partial charge in [-0.25, -0.2) is 13.8 Å². The van der Waals surface area contributed by atoms with Crippen LogP contribution >= 0.6 is 11.6 Å². The van der Waals surface area contributed by atoms with Gasteiger partial charge in [-0.15, -0.1) is 0 Å². The summed E-state index contributed by atoms with van der Waals surface area (Å²) in [6.07, 6.45) is 0. The van der Waals surface area contributed by atoms with E-state index in [1.165, 1.54) is 19.2 Å². The van der Waals surface area contributed by atoms with Crippen molar-refractivity contribution in [2.45, 2.75) is 6.92 Å². The van der Waals surface area contributed by atoms with Gasteiger partial charge in [0.05, 0.1) is 29.2 Å². The third-order valence-electron chi connectivity index (χ3n) is 4.90. The molecule has 0 saturated carbocycles. The average molecular weight is 387 g/mol. The highest BCUT2D eigenvalue weighted by Crippen LogP contribution is 2.38. The molecule has 0 spiro atoms. The largest absolute Gasteiger partial charge is 0.497 e. The molecule has 2 aromatic carbocycles. The van der Waals surface area contributed by atoms with Crippen molar-refractivity contribution in [3.63, 3.8) is 0 Å². The van der Waals surface area contributed by atoms with Crippen molar-refractivity contribution in [3.05, 3.63) is 46.6 Å². The first kappa shape index (κ1) is 16.3. The van der Waals surface area contributed by atoms with E-state index in [0.717, 1.165) is 0 Å². The smallest absolute Gasteiger partial charge is 0.147 e. The van der Waals surface area contributed by atoms with Crippen molar-refractivity contribution in [2.75, 3.05) is 7.11 Å². The van der Waals surface area contributed by atoms with Gasteiger partial charge in [0.2, 0.25) is 0 Å². The van der Waals surface area contributed by atoms with Crippen LogP contribution in [-0.2, 0) is 7.05 Å². The van der Waals surface area contributed by atoms with Crippen molar-refractivity contribution in [1.29, 1.82) is 0 Å². The van der Waals surface area contributed by atoms with Gasteiger partial charge in [0.15, 0.2) is 0 Å². The maximum Gasteiger partial charge on any atom is 0.147 e. The third kappa shape index (κ3) is 1.97. The lowest BCUT2D eigenvalue weighted by Gasteiger charge is -2.10. The first-order valence-electron chi connectivity index (χ1n) is 8.21. The van der Waals surface area contributed by atoms with Gasteiger partial charge in [0, 0.05) is 23.9 Å². The van der Waals surface area contributed by atoms with Gasteiger partial charge in [-0.2, -0.15) is 5.10 Å². The van der Waals surface area contributed by atoms with E-state index in [9.17, 15) is 4.39 Å². The van der Waals surface area contributed by atoms with E-state index in [1.807, 2.05) is 0 Å². The number of methoxy groups -OCH3 is 1. The highest BCUT2D eigenvalue weighted by molar-refractivity contribution is 6.35. The molecule has 0 aliphatic rings. The number of aromatic nitrogens is 4. The summed E-state index contributed by atoms with van der Waals surface area (Å²) in [5.74, 6) is -0.612. The monoisotopic (exact) mass is 386 g/mol. The topological polar surface area (TPSA) is 44.4 Å². The maximum atomic E-state index is 15.0. The molecular formula is C19H13ClF2N4O. The first-order chi connectivity index (χ1) is 12.9. The van der Waals surface area contributed by atoms with Gasteiger partial charge in [0.1, 0.15) is 33.7 Å². The van der Waals surface area contributed by atoms with Crippen LogP contribution in [0.5, 0.6) is 5.75 Å². The van der Waals surface area contributed by atoms with Gasteiger partial charge in [-0.3, -0.25) is 9.08 Å². The number of rotatable bonds is 1. The molecule has 0 N–H and O–H groups in total. The molecule has 0 atom stereocenters. The van der Waals surface area contributed by atoms with Crippen molar-refractivity contribution in [3.8, 4) is 5.75 Å². The zero-order chi connectivity index (χ0) is 19.0. The summed E-state index contributed by atoms with van der Waals surface area (Å²) < 4.78 is 37.8. The lowest BCUT2D eigenvalue weighted by Crippen LogP contribution is -1.99. The molecule has 5 aromatic rings. The van der Waals surface area contributed by atoms with E-state index in [-0.39, 0.29) is 5.02 Å². The summed E-state index contributed by atoms with van der Waals surface area (Å²) in [7, 11) is 3.22. The molecule has 5 rings (SSSR count). The molecule has 0 aliphatic heterocycles. The zero-order valence-corrected chi connectivity index (χ0v) is 15.4. The fourth-order valence-electron chi connectivity index (χ4n) is 3.81. The van der Waals surface area contributed by atoms with Crippen LogP contribution in [0.2, 0.25) is 5.02 Å². The summed E-state index contributed by atoms with van der Waals surface area (Å²) in [5, 5.41) is 5.98. The molecule has 0 unspecified atom stereocenters. The van der Waals surface area contributed by atoms with E-state index < -0.39 is 11.6 Å². The average Bonchev–Trinajstić information content (AvgIpc) is 3.16. The summed E-state index contributed by atoms with van der Waals surface area (Å²) in [4.78, 5) is 4.61. The van der Waals surface area contributed by atoms with Crippen LogP contribution in [0.4, 0.5) is 8.78 Å². The summed E-state index contributed by atoms with van der Waals surface area (Å²) >= 11 is 6.28. The normalized spacial score (nSPS) is 12.1. The quantitative estimate of drug-likeness (QED) is 0.416. The standard InChI is InChI=1S/C19H13ClF2N4O/c1-8-14-15-10(6-9(27-3)7-12(15)22)18-23-13-5-4-11(21)16(20)17(13)26(18)19(14)25(2)24-8/h4-7H,1-3H3. The third-order valence-corrected chi connectivity index (χ3v) is 5.26. The number of nitrogens with zero attached hydrogens (tertiary/aromatic N) is 4. The first-order valence-corrected chi connectivity index (χ1v) is 8.59. The highest BCUT2D eigenvalue weighted by Gasteiger charge is 2.23. The van der Waals surface area contributed by atoms with Gasteiger partial charge in [-0.05, 0) is 25.1 Å². The van der Waals surface area contributed by atoms with E-state index in [1.54, 1.807) is 35.2 Å². The van der Waals surface area contributed by atoms with Gasteiger partial charge < -0.3 is 4.74 Å². The molecule has 0 bridgehead atoms. The van der Waals surface area contributed by atoms with Crippen molar-refractivity contribution < 1.29 is 13.5 Å². The Labute approximate surface area is 156 Å². The SMILES string of the molecule is COc1cc(F)c2c(c1)c1nc3ccc(F)c(Cl)c3n1c1c2c(C)nn1C. The minimum atomic E-state index is -0.546. The Morgan fingerprint density at radius 2 is 1.89 bits per heavy atom. The number of imidazole rings is 1. The molecule has 0 radical (unpaired) electrons. The predicted molar refractivity (Wildman–Crippen MR) is 101 cm³/mol. The molecule has 0 saturated heterocycles. The molecule has 5 nitrogen and oxygen atoms in total. The van der Waals surface area contributed by atoms with Crippen LogP contribution in [0.25, 0.3) is 38.5 Å². The molecule has 0 amide bonds. The zero-order valence-electron chi connectivity index (χ0n) is 14.6. The minimum Gasteiger partial charge on any atom is -0.497 e. The van der Waals surface area contributed by atoms with E-state index in [0.29, 0.717) is 49.9 Å². The Morgan fingerprint density at radius 3 is 2.63 bits per heavy atom. The number of fused-ring (bicyclic) bond motifs is 8. The predicted octanol–water partition coefficient (Wildman–Crippen LogP) is 4.78. The Kier molecular flexibility index (Phi) is 3.19. The number of benzene rings is 2. The summed E-state index contributed by atoms with van der Waals surface area (Å²) in [6, 6.07) is 5.88. The second-order valence-corrected chi connectivity index (χ2v) is 6.82. The maximum absolute atomic E-state index is 15.0. The summed E-state index contributed by atoms with van der Waals surface area (Å²) in [6.45, 7) is 1.80. The van der Waals surface area contributed by atoms with E-state index >= 15 is 4.39 Å². The van der Waals surface area contributed by atoms with Gasteiger partial charge in [-0.1, -0.05) is 11.6 Å². The molecule has 136 valence electrons. The number of hydrogen-bond donors (Lipinski definition) is 0. The highest BCUT2D eigenvalue weighted by atomic mass is 35.5. The molecule has 0 aliphatic carbocycles. The molecular weight excluding hydrogens is 374 g/mol. The van der Waals surface area contributed by atoms with Crippen molar-refractivity contribution in [1.82, 2.24) is 19.2 Å². The number of ether oxygens (including phenoxy) is 1. The van der Waals surface area contributed by atoms with Crippen LogP contribution in [0.1, 0.15) is 5.69 Å². The van der Waals surface area contributed by atoms with Crippen LogP contribution < -0.4 is 4.74 Å². The van der Waals surface area contributed by atoms with E-state index in [2.05, 4.69) is 10.1 Å². The lowest BCUT2D eigenvalue weighted by molar-refractivity contribution is 0.412. The molecule has 27 heavy (non-hydrogen) atoms. The van der Waals surface area contributed by atoms with Crippen LogP contribution in [-0.4, -0.2) is 26.3 Å². The second-order valence-electron chi connectivity index (χ2n) is 6.44. The second kappa shape index (κ2) is 5.29. The Hall–Kier alpha value is -2.93. The molecule has 3 heterocycles. The fourth-order valence-corrected chi connectivity index (χ4v) is 4.06. The number of hydrogen-bond acceptors (Lipinski definition) is 3. The van der Waals surface area contributed by atoms with Crippen molar-refractivity contribution >= 4 is 50.1 Å². The lowest BCUT2D eigenvalue weighted by atomic mass is 10.1. The van der Waals surface area contributed by atoms with Crippen LogP contribution in [0.15, 0.2) is 24.3 Å². The molecule has 3 aromatic heterocycles. The van der Waals surface area contributed by atoms with Crippen molar-refractivity contribution in [2.24, 2.45) is 7.05 Å². The summed E-state index contributed by atoms with van der Waals surface area (Å²) in [5.41, 5.74) is 2.63. The number of pyridine rings is 1. The van der Waals surface area contributed by atoms with Crippen LogP contribution in [0, 0.1) is 18.6 Å². The molecule has 0 fully saturated rings. The van der Waals surface area contributed by atoms with Gasteiger partial charge >= 0.3 is 0 Å². The Morgan fingerprint density at radius 1 is 1.11 bits per heavy atom. The number of halogens is 3. The Balaban J connectivity index is 2.23. The Bertz CT molecular complexity index is 1420. The fraction of sp³-hybridized carbons (Fsp3) is 0.158. The molecule has 8 heteroatoms. The number of aryl methyl sites for hydroxylation is 2. The minimum absolute atomic E-state index is 0.0390.